The minimum Gasteiger partial charge on any atom is -0.350 e. The monoisotopic (exact) mass is 150 g/mol. The molecular weight excluding hydrogens is 136 g/mol. The minimum atomic E-state index is 0.397. The van der Waals surface area contributed by atoms with Crippen LogP contribution in [-0.2, 0) is 0 Å². The van der Waals surface area contributed by atoms with Crippen molar-refractivity contribution in [2.45, 2.75) is 13.8 Å². The van der Waals surface area contributed by atoms with Crippen LogP contribution < -0.4 is 5.32 Å². The maximum absolute atomic E-state index is 4.13. The fourth-order valence-electron chi connectivity index (χ4n) is 1.02. The number of amidine groups is 1. The highest BCUT2D eigenvalue weighted by atomic mass is 15.0. The molecule has 0 aromatic rings. The molecular formula is C9H14N2. The lowest BCUT2D eigenvalue weighted by atomic mass is 10.1. The second-order valence-corrected chi connectivity index (χ2v) is 2.79. The van der Waals surface area contributed by atoms with Gasteiger partial charge in [-0.1, -0.05) is 19.1 Å². The summed E-state index contributed by atoms with van der Waals surface area (Å²) in [7, 11) is 1.81. The number of rotatable bonds is 0. The van der Waals surface area contributed by atoms with Crippen LogP contribution in [0.15, 0.2) is 28.9 Å². The van der Waals surface area contributed by atoms with Crippen molar-refractivity contribution in [3.8, 4) is 0 Å². The van der Waals surface area contributed by atoms with Crippen molar-refractivity contribution < 1.29 is 0 Å². The Morgan fingerprint density at radius 1 is 1.55 bits per heavy atom. The maximum atomic E-state index is 4.13. The first-order valence-corrected chi connectivity index (χ1v) is 3.82. The molecule has 0 spiro atoms. The average Bonchev–Trinajstić information content (AvgIpc) is 2.15. The van der Waals surface area contributed by atoms with Gasteiger partial charge in [0.1, 0.15) is 5.84 Å². The fourth-order valence-corrected chi connectivity index (χ4v) is 1.02. The Bertz CT molecular complexity index is 224. The topological polar surface area (TPSA) is 24.4 Å². The Labute approximate surface area is 67.7 Å². The van der Waals surface area contributed by atoms with Crippen molar-refractivity contribution in [2.75, 3.05) is 7.05 Å². The highest BCUT2D eigenvalue weighted by molar-refractivity contribution is 5.87. The van der Waals surface area contributed by atoms with Crippen molar-refractivity contribution in [1.29, 1.82) is 0 Å². The maximum Gasteiger partial charge on any atom is 0.107 e. The van der Waals surface area contributed by atoms with Crippen molar-refractivity contribution in [3.05, 3.63) is 23.9 Å². The van der Waals surface area contributed by atoms with Gasteiger partial charge in [-0.2, -0.15) is 0 Å². The van der Waals surface area contributed by atoms with E-state index in [4.69, 9.17) is 0 Å². The molecule has 0 aromatic carbocycles. The summed E-state index contributed by atoms with van der Waals surface area (Å²) in [5, 5.41) is 3.16. The number of nitrogens with one attached hydrogen (secondary N) is 1. The number of aliphatic imine (C=N–C) groups is 1. The van der Waals surface area contributed by atoms with E-state index >= 15 is 0 Å². The van der Waals surface area contributed by atoms with E-state index in [2.05, 4.69) is 36.3 Å². The fraction of sp³-hybridized carbons (Fsp3) is 0.444. The van der Waals surface area contributed by atoms with E-state index in [-0.39, 0.29) is 0 Å². The van der Waals surface area contributed by atoms with Crippen molar-refractivity contribution in [2.24, 2.45) is 10.9 Å². The van der Waals surface area contributed by atoms with Gasteiger partial charge in [0.25, 0.3) is 0 Å². The molecule has 0 aliphatic carbocycles. The van der Waals surface area contributed by atoms with Crippen molar-refractivity contribution in [1.82, 2.24) is 5.32 Å². The standard InChI is InChI=1S/C9H14N2/c1-7-4-5-8(2)9(10-3)11-6-7/h4-6,8H,1-3H3,(H,10,11). The van der Waals surface area contributed by atoms with Crippen LogP contribution in [0.25, 0.3) is 0 Å². The Morgan fingerprint density at radius 2 is 2.27 bits per heavy atom. The predicted octanol–water partition coefficient (Wildman–Crippen LogP) is 1.71. The number of allylic oxidation sites excluding steroid dienone is 2. The van der Waals surface area contributed by atoms with Crippen molar-refractivity contribution in [3.63, 3.8) is 0 Å². The molecule has 1 unspecified atom stereocenters. The molecule has 1 aliphatic heterocycles. The van der Waals surface area contributed by atoms with Gasteiger partial charge in [0.05, 0.1) is 0 Å². The molecule has 60 valence electrons. The van der Waals surface area contributed by atoms with Crippen LogP contribution in [0.2, 0.25) is 0 Å². The molecule has 1 aliphatic rings. The van der Waals surface area contributed by atoms with Crippen LogP contribution in [0.4, 0.5) is 0 Å². The average molecular weight is 150 g/mol. The van der Waals surface area contributed by atoms with Gasteiger partial charge >= 0.3 is 0 Å². The molecule has 1 N–H and O–H groups in total. The van der Waals surface area contributed by atoms with Gasteiger partial charge in [-0.25, -0.2) is 0 Å². The molecule has 0 radical (unpaired) electrons. The molecule has 0 saturated carbocycles. The molecule has 0 aromatic heterocycles. The van der Waals surface area contributed by atoms with Gasteiger partial charge in [-0.3, -0.25) is 4.99 Å². The summed E-state index contributed by atoms with van der Waals surface area (Å²) in [6.07, 6.45) is 6.23. The van der Waals surface area contributed by atoms with Gasteiger partial charge in [0.15, 0.2) is 0 Å². The molecule has 0 bridgehead atoms. The zero-order chi connectivity index (χ0) is 8.27. The zero-order valence-corrected chi connectivity index (χ0v) is 7.26. The predicted molar refractivity (Wildman–Crippen MR) is 48.6 cm³/mol. The Morgan fingerprint density at radius 3 is 2.91 bits per heavy atom. The molecule has 0 amide bonds. The van der Waals surface area contributed by atoms with Crippen LogP contribution in [0.5, 0.6) is 0 Å². The number of hydrogen-bond acceptors (Lipinski definition) is 1. The first kappa shape index (κ1) is 8.05. The summed E-state index contributed by atoms with van der Waals surface area (Å²) in [6, 6.07) is 0. The normalized spacial score (nSPS) is 27.7. The van der Waals surface area contributed by atoms with E-state index in [1.165, 1.54) is 5.57 Å². The van der Waals surface area contributed by atoms with Crippen LogP contribution in [0.3, 0.4) is 0 Å². The summed E-state index contributed by atoms with van der Waals surface area (Å²) < 4.78 is 0. The summed E-state index contributed by atoms with van der Waals surface area (Å²) in [5.74, 6) is 1.42. The van der Waals surface area contributed by atoms with E-state index in [0.717, 1.165) is 5.84 Å². The summed E-state index contributed by atoms with van der Waals surface area (Å²) in [4.78, 5) is 4.13. The highest BCUT2D eigenvalue weighted by Crippen LogP contribution is 2.06. The van der Waals surface area contributed by atoms with Gasteiger partial charge in [-0.05, 0) is 12.5 Å². The Hall–Kier alpha value is -1.05. The van der Waals surface area contributed by atoms with Crippen molar-refractivity contribution >= 4 is 5.84 Å². The first-order valence-electron chi connectivity index (χ1n) is 3.82. The Balaban J connectivity index is 2.83. The van der Waals surface area contributed by atoms with E-state index in [1.807, 2.05) is 6.20 Å². The molecule has 11 heavy (non-hydrogen) atoms. The summed E-state index contributed by atoms with van der Waals surface area (Å²) >= 11 is 0. The lowest BCUT2D eigenvalue weighted by Gasteiger charge is -2.07. The number of nitrogens with zero attached hydrogens (tertiary/aromatic N) is 1. The first-order chi connectivity index (χ1) is 5.24. The quantitative estimate of drug-likeness (QED) is 0.558. The van der Waals surface area contributed by atoms with E-state index in [1.54, 1.807) is 7.05 Å². The molecule has 2 nitrogen and oxygen atoms in total. The molecule has 0 saturated heterocycles. The molecule has 1 atom stereocenters. The summed E-state index contributed by atoms with van der Waals surface area (Å²) in [6.45, 7) is 4.19. The Kier molecular flexibility index (Phi) is 2.47. The minimum absolute atomic E-state index is 0.397. The largest absolute Gasteiger partial charge is 0.350 e. The zero-order valence-electron chi connectivity index (χ0n) is 7.26. The van der Waals surface area contributed by atoms with Gasteiger partial charge in [-0.15, -0.1) is 0 Å². The highest BCUT2D eigenvalue weighted by Gasteiger charge is 2.06. The molecule has 0 fully saturated rings. The SMILES string of the molecule is CN=C1NC=C(C)C=CC1C. The van der Waals surface area contributed by atoms with Crippen LogP contribution in [0, 0.1) is 5.92 Å². The lowest BCUT2D eigenvalue weighted by molar-refractivity contribution is 0.944. The molecule has 1 heterocycles. The van der Waals surface area contributed by atoms with Gasteiger partial charge in [0, 0.05) is 19.2 Å². The van der Waals surface area contributed by atoms with E-state index in [0.29, 0.717) is 5.92 Å². The number of hydrogen-bond donors (Lipinski definition) is 1. The lowest BCUT2D eigenvalue weighted by Crippen LogP contribution is -2.22. The smallest absolute Gasteiger partial charge is 0.107 e. The third-order valence-electron chi connectivity index (χ3n) is 1.77. The third kappa shape index (κ3) is 1.93. The molecule has 1 rings (SSSR count). The van der Waals surface area contributed by atoms with Crippen LogP contribution >= 0.6 is 0 Å². The molecule has 2 heteroatoms. The van der Waals surface area contributed by atoms with Crippen LogP contribution in [0.1, 0.15) is 13.8 Å². The summed E-state index contributed by atoms with van der Waals surface area (Å²) in [5.41, 5.74) is 1.23. The van der Waals surface area contributed by atoms with Crippen LogP contribution in [-0.4, -0.2) is 12.9 Å². The third-order valence-corrected chi connectivity index (χ3v) is 1.77. The second-order valence-electron chi connectivity index (χ2n) is 2.79. The van der Waals surface area contributed by atoms with E-state index < -0.39 is 0 Å². The van der Waals surface area contributed by atoms with E-state index in [9.17, 15) is 0 Å². The van der Waals surface area contributed by atoms with Gasteiger partial charge < -0.3 is 5.32 Å². The second kappa shape index (κ2) is 3.37. The van der Waals surface area contributed by atoms with Gasteiger partial charge in [0.2, 0.25) is 0 Å².